The van der Waals surface area contributed by atoms with E-state index in [0.29, 0.717) is 23.9 Å². The predicted molar refractivity (Wildman–Crippen MR) is 68.1 cm³/mol. The number of nitrogens with zero attached hydrogens (tertiary/aromatic N) is 1. The molecule has 1 amide bonds. The van der Waals surface area contributed by atoms with Gasteiger partial charge >= 0.3 is 0 Å². The fourth-order valence-electron chi connectivity index (χ4n) is 2.72. The number of nitrogens with one attached hydrogen (secondary N) is 1. The van der Waals surface area contributed by atoms with Crippen molar-refractivity contribution >= 4 is 5.91 Å². The van der Waals surface area contributed by atoms with Crippen molar-refractivity contribution in [2.75, 3.05) is 6.54 Å². The zero-order valence-corrected chi connectivity index (χ0v) is 11.0. The molecule has 0 aliphatic heterocycles. The number of carbonyl (C=O) groups is 1. The monoisotopic (exact) mass is 251 g/mol. The summed E-state index contributed by atoms with van der Waals surface area (Å²) in [5, 5.41) is 6.82. The van der Waals surface area contributed by atoms with Crippen molar-refractivity contribution < 1.29 is 9.32 Å². The Hall–Kier alpha value is -1.36. The molecule has 0 bridgehead atoms. The van der Waals surface area contributed by atoms with Crippen molar-refractivity contribution in [1.29, 1.82) is 0 Å². The van der Waals surface area contributed by atoms with Gasteiger partial charge in [0.1, 0.15) is 5.76 Å². The van der Waals surface area contributed by atoms with E-state index in [9.17, 15) is 4.79 Å². The Morgan fingerprint density at radius 1 is 1.67 bits per heavy atom. The standard InChI is InChI=1S/C13H21N3O2/c1-9-5-3-4-6-13(9,8-14)15-12(17)11-7-10(2)18-16-11/h7,9H,3-6,8,14H2,1-2H3,(H,15,17). The van der Waals surface area contributed by atoms with E-state index in [-0.39, 0.29) is 11.4 Å². The van der Waals surface area contributed by atoms with E-state index < -0.39 is 0 Å². The Morgan fingerprint density at radius 2 is 2.44 bits per heavy atom. The van der Waals surface area contributed by atoms with Gasteiger partial charge in [-0.05, 0) is 25.7 Å². The highest BCUT2D eigenvalue weighted by atomic mass is 16.5. The second-order valence-corrected chi connectivity index (χ2v) is 5.28. The highest BCUT2D eigenvalue weighted by Gasteiger charge is 2.38. The Bertz CT molecular complexity index is 430. The molecular formula is C13H21N3O2. The van der Waals surface area contributed by atoms with Crippen LogP contribution in [0.25, 0.3) is 0 Å². The maximum Gasteiger partial charge on any atom is 0.273 e. The van der Waals surface area contributed by atoms with Crippen LogP contribution in [-0.2, 0) is 0 Å². The molecule has 0 spiro atoms. The van der Waals surface area contributed by atoms with E-state index >= 15 is 0 Å². The van der Waals surface area contributed by atoms with Gasteiger partial charge in [0.2, 0.25) is 0 Å². The third-order valence-electron chi connectivity index (χ3n) is 4.04. The van der Waals surface area contributed by atoms with Crippen molar-refractivity contribution in [1.82, 2.24) is 10.5 Å². The summed E-state index contributed by atoms with van der Waals surface area (Å²) in [5.41, 5.74) is 5.94. The van der Waals surface area contributed by atoms with Crippen molar-refractivity contribution in [2.45, 2.75) is 45.1 Å². The maximum atomic E-state index is 12.1. The lowest BCUT2D eigenvalue weighted by Gasteiger charge is -2.42. The molecule has 5 heteroatoms. The van der Waals surface area contributed by atoms with Gasteiger partial charge in [-0.1, -0.05) is 24.9 Å². The van der Waals surface area contributed by atoms with Gasteiger partial charge in [-0.3, -0.25) is 4.79 Å². The van der Waals surface area contributed by atoms with Gasteiger partial charge in [0.15, 0.2) is 5.69 Å². The van der Waals surface area contributed by atoms with Gasteiger partial charge in [-0.2, -0.15) is 0 Å². The van der Waals surface area contributed by atoms with Gasteiger partial charge < -0.3 is 15.6 Å². The van der Waals surface area contributed by atoms with E-state index in [0.717, 1.165) is 19.3 Å². The summed E-state index contributed by atoms with van der Waals surface area (Å²) in [7, 11) is 0. The topological polar surface area (TPSA) is 81.2 Å². The molecule has 3 N–H and O–H groups in total. The van der Waals surface area contributed by atoms with Crippen molar-refractivity contribution in [3.05, 3.63) is 17.5 Å². The van der Waals surface area contributed by atoms with Gasteiger partial charge in [-0.25, -0.2) is 0 Å². The number of amides is 1. The molecular weight excluding hydrogens is 230 g/mol. The summed E-state index contributed by atoms with van der Waals surface area (Å²) < 4.78 is 4.93. The predicted octanol–water partition coefficient (Wildman–Crippen LogP) is 1.62. The number of nitrogens with two attached hydrogens (primary N) is 1. The first kappa shape index (κ1) is 13.1. The lowest BCUT2D eigenvalue weighted by molar-refractivity contribution is 0.0803. The second kappa shape index (κ2) is 5.10. The van der Waals surface area contributed by atoms with E-state index in [4.69, 9.17) is 10.3 Å². The number of aryl methyl sites for hydroxylation is 1. The van der Waals surface area contributed by atoms with E-state index in [2.05, 4.69) is 17.4 Å². The smallest absolute Gasteiger partial charge is 0.273 e. The van der Waals surface area contributed by atoms with Crippen LogP contribution in [0.4, 0.5) is 0 Å². The Kier molecular flexibility index (Phi) is 3.71. The highest BCUT2D eigenvalue weighted by Crippen LogP contribution is 2.33. The molecule has 1 aliphatic carbocycles. The van der Waals surface area contributed by atoms with Crippen LogP contribution in [0.2, 0.25) is 0 Å². The van der Waals surface area contributed by atoms with E-state index in [1.165, 1.54) is 6.42 Å². The van der Waals surface area contributed by atoms with Gasteiger partial charge in [0.25, 0.3) is 5.91 Å². The Balaban J connectivity index is 2.12. The third kappa shape index (κ3) is 2.41. The SMILES string of the molecule is Cc1cc(C(=O)NC2(CN)CCCCC2C)no1. The minimum atomic E-state index is -0.289. The average Bonchev–Trinajstić information content (AvgIpc) is 2.79. The zero-order chi connectivity index (χ0) is 13.2. The fraction of sp³-hybridized carbons (Fsp3) is 0.692. The van der Waals surface area contributed by atoms with Crippen molar-refractivity contribution in [2.24, 2.45) is 11.7 Å². The number of aromatic nitrogens is 1. The van der Waals surface area contributed by atoms with Crippen LogP contribution in [0.5, 0.6) is 0 Å². The van der Waals surface area contributed by atoms with E-state index in [1.54, 1.807) is 13.0 Å². The summed E-state index contributed by atoms with van der Waals surface area (Å²) in [6.45, 7) is 4.39. The van der Waals surface area contributed by atoms with Gasteiger partial charge in [0.05, 0.1) is 5.54 Å². The Labute approximate surface area is 107 Å². The van der Waals surface area contributed by atoms with Crippen molar-refractivity contribution in [3.8, 4) is 0 Å². The molecule has 1 heterocycles. The molecule has 100 valence electrons. The maximum absolute atomic E-state index is 12.1. The molecule has 1 fully saturated rings. The normalized spacial score (nSPS) is 28.1. The molecule has 5 nitrogen and oxygen atoms in total. The molecule has 1 aromatic rings. The van der Waals surface area contributed by atoms with Crippen LogP contribution >= 0.6 is 0 Å². The molecule has 0 saturated heterocycles. The second-order valence-electron chi connectivity index (χ2n) is 5.28. The summed E-state index contributed by atoms with van der Waals surface area (Å²) in [6, 6.07) is 1.65. The molecule has 18 heavy (non-hydrogen) atoms. The molecule has 2 rings (SSSR count). The molecule has 0 aromatic carbocycles. The molecule has 0 radical (unpaired) electrons. The summed E-state index contributed by atoms with van der Waals surface area (Å²) >= 11 is 0. The first-order valence-corrected chi connectivity index (χ1v) is 6.53. The first-order valence-electron chi connectivity index (χ1n) is 6.53. The summed E-state index contributed by atoms with van der Waals surface area (Å²) in [5.74, 6) is 0.845. The zero-order valence-electron chi connectivity index (χ0n) is 11.0. The van der Waals surface area contributed by atoms with Crippen LogP contribution in [0.1, 0.15) is 48.9 Å². The molecule has 1 saturated carbocycles. The number of hydrogen-bond acceptors (Lipinski definition) is 4. The minimum absolute atomic E-state index is 0.189. The fourth-order valence-corrected chi connectivity index (χ4v) is 2.72. The molecule has 2 unspecified atom stereocenters. The number of hydrogen-bond donors (Lipinski definition) is 2. The molecule has 1 aromatic heterocycles. The van der Waals surface area contributed by atoms with Gasteiger partial charge in [-0.15, -0.1) is 0 Å². The van der Waals surface area contributed by atoms with Crippen molar-refractivity contribution in [3.63, 3.8) is 0 Å². The average molecular weight is 251 g/mol. The number of carbonyl (C=O) groups excluding carboxylic acids is 1. The van der Waals surface area contributed by atoms with Crippen LogP contribution in [0.3, 0.4) is 0 Å². The van der Waals surface area contributed by atoms with E-state index in [1.807, 2.05) is 0 Å². The van der Waals surface area contributed by atoms with Crippen LogP contribution in [0, 0.1) is 12.8 Å². The lowest BCUT2D eigenvalue weighted by atomic mass is 9.73. The number of rotatable bonds is 3. The summed E-state index contributed by atoms with van der Waals surface area (Å²) in [4.78, 5) is 12.1. The largest absolute Gasteiger partial charge is 0.361 e. The minimum Gasteiger partial charge on any atom is -0.361 e. The highest BCUT2D eigenvalue weighted by molar-refractivity contribution is 5.92. The first-order chi connectivity index (χ1) is 8.57. The molecule has 2 atom stereocenters. The Morgan fingerprint density at radius 3 is 3.00 bits per heavy atom. The lowest BCUT2D eigenvalue weighted by Crippen LogP contribution is -2.59. The quantitative estimate of drug-likeness (QED) is 0.855. The van der Waals surface area contributed by atoms with Gasteiger partial charge in [0, 0.05) is 12.6 Å². The van der Waals surface area contributed by atoms with Crippen LogP contribution < -0.4 is 11.1 Å². The summed E-state index contributed by atoms with van der Waals surface area (Å²) in [6.07, 6.45) is 4.37. The van der Waals surface area contributed by atoms with Crippen LogP contribution in [-0.4, -0.2) is 23.1 Å². The van der Waals surface area contributed by atoms with Crippen LogP contribution in [0.15, 0.2) is 10.6 Å². The third-order valence-corrected chi connectivity index (χ3v) is 4.04. The molecule has 1 aliphatic rings.